The lowest BCUT2D eigenvalue weighted by Crippen LogP contribution is -2.32. The maximum atomic E-state index is 12.2. The molecule has 0 saturated heterocycles. The van der Waals surface area contributed by atoms with Crippen molar-refractivity contribution in [2.75, 3.05) is 6.54 Å². The number of carbonyl (C=O) groups excluding carboxylic acids is 1. The van der Waals surface area contributed by atoms with Gasteiger partial charge >= 0.3 is 0 Å². The van der Waals surface area contributed by atoms with E-state index in [1.54, 1.807) is 24.3 Å². The second-order valence-corrected chi connectivity index (χ2v) is 5.28. The summed E-state index contributed by atoms with van der Waals surface area (Å²) in [7, 11) is 0. The molecule has 0 radical (unpaired) electrons. The van der Waals surface area contributed by atoms with E-state index >= 15 is 0 Å². The molecule has 110 valence electrons. The van der Waals surface area contributed by atoms with Gasteiger partial charge < -0.3 is 10.1 Å². The van der Waals surface area contributed by atoms with Crippen molar-refractivity contribution in [2.45, 2.75) is 39.2 Å². The van der Waals surface area contributed by atoms with Crippen LogP contribution in [0.3, 0.4) is 0 Å². The van der Waals surface area contributed by atoms with Crippen molar-refractivity contribution in [3.05, 3.63) is 41.4 Å². The van der Waals surface area contributed by atoms with Crippen LogP contribution < -0.4 is 10.1 Å². The SMILES string of the molecule is C=CCNC(=O)c1c(Cl)cccc1OC(C)(CC)CC. The molecule has 1 rings (SSSR count). The van der Waals surface area contributed by atoms with E-state index in [1.807, 2.05) is 6.92 Å². The van der Waals surface area contributed by atoms with Gasteiger partial charge in [0.2, 0.25) is 0 Å². The van der Waals surface area contributed by atoms with Crippen LogP contribution in [0.2, 0.25) is 5.02 Å². The summed E-state index contributed by atoms with van der Waals surface area (Å²) in [5.74, 6) is 0.269. The van der Waals surface area contributed by atoms with Gasteiger partial charge in [-0.2, -0.15) is 0 Å². The molecule has 0 saturated carbocycles. The Balaban J connectivity index is 3.11. The van der Waals surface area contributed by atoms with Gasteiger partial charge in [-0.3, -0.25) is 4.79 Å². The van der Waals surface area contributed by atoms with Crippen LogP contribution in [0.15, 0.2) is 30.9 Å². The average molecular weight is 296 g/mol. The van der Waals surface area contributed by atoms with Gasteiger partial charge in [0.05, 0.1) is 10.6 Å². The number of rotatable bonds is 7. The minimum atomic E-state index is -0.307. The fourth-order valence-electron chi connectivity index (χ4n) is 1.72. The Morgan fingerprint density at radius 1 is 1.45 bits per heavy atom. The van der Waals surface area contributed by atoms with E-state index in [-0.39, 0.29) is 11.5 Å². The molecule has 0 atom stereocenters. The highest BCUT2D eigenvalue weighted by Gasteiger charge is 2.25. The zero-order chi connectivity index (χ0) is 15.2. The molecule has 4 heteroatoms. The highest BCUT2D eigenvalue weighted by atomic mass is 35.5. The third-order valence-corrected chi connectivity index (χ3v) is 3.78. The number of carbonyl (C=O) groups is 1. The molecular weight excluding hydrogens is 274 g/mol. The molecule has 0 heterocycles. The van der Waals surface area contributed by atoms with E-state index in [1.165, 1.54) is 0 Å². The molecule has 0 bridgehead atoms. The monoisotopic (exact) mass is 295 g/mol. The van der Waals surface area contributed by atoms with Gasteiger partial charge in [0.1, 0.15) is 11.4 Å². The normalized spacial score (nSPS) is 11.0. The maximum absolute atomic E-state index is 12.2. The van der Waals surface area contributed by atoms with Crippen LogP contribution in [0.4, 0.5) is 0 Å². The molecule has 1 N–H and O–H groups in total. The van der Waals surface area contributed by atoms with E-state index in [2.05, 4.69) is 25.7 Å². The lowest BCUT2D eigenvalue weighted by molar-refractivity contribution is 0.0766. The summed E-state index contributed by atoms with van der Waals surface area (Å²) in [5.41, 5.74) is 0.0714. The van der Waals surface area contributed by atoms with E-state index in [4.69, 9.17) is 16.3 Å². The number of nitrogens with one attached hydrogen (secondary N) is 1. The molecule has 0 unspecified atom stereocenters. The van der Waals surface area contributed by atoms with E-state index < -0.39 is 0 Å². The van der Waals surface area contributed by atoms with E-state index in [9.17, 15) is 4.79 Å². The minimum Gasteiger partial charge on any atom is -0.487 e. The molecule has 0 spiro atoms. The number of benzene rings is 1. The summed E-state index contributed by atoms with van der Waals surface area (Å²) in [4.78, 5) is 12.2. The van der Waals surface area contributed by atoms with Gasteiger partial charge in [0.25, 0.3) is 5.91 Å². The Morgan fingerprint density at radius 3 is 2.65 bits per heavy atom. The van der Waals surface area contributed by atoms with E-state index in [0.29, 0.717) is 22.9 Å². The van der Waals surface area contributed by atoms with Crippen molar-refractivity contribution in [1.29, 1.82) is 0 Å². The van der Waals surface area contributed by atoms with Crippen LogP contribution in [0.1, 0.15) is 44.0 Å². The first-order valence-electron chi connectivity index (χ1n) is 6.84. The smallest absolute Gasteiger partial charge is 0.256 e. The van der Waals surface area contributed by atoms with Crippen LogP contribution in [-0.4, -0.2) is 18.1 Å². The van der Waals surface area contributed by atoms with Crippen LogP contribution in [-0.2, 0) is 0 Å². The van der Waals surface area contributed by atoms with Gasteiger partial charge in [-0.25, -0.2) is 0 Å². The number of ether oxygens (including phenoxy) is 1. The molecule has 1 aromatic carbocycles. The van der Waals surface area contributed by atoms with Gasteiger partial charge in [-0.1, -0.05) is 37.6 Å². The molecule has 0 fully saturated rings. The highest BCUT2D eigenvalue weighted by molar-refractivity contribution is 6.34. The van der Waals surface area contributed by atoms with Crippen LogP contribution in [0.5, 0.6) is 5.75 Å². The van der Waals surface area contributed by atoms with Crippen molar-refractivity contribution >= 4 is 17.5 Å². The van der Waals surface area contributed by atoms with Crippen molar-refractivity contribution in [3.8, 4) is 5.75 Å². The predicted octanol–water partition coefficient (Wildman–Crippen LogP) is 4.21. The molecule has 3 nitrogen and oxygen atoms in total. The van der Waals surface area contributed by atoms with E-state index in [0.717, 1.165) is 12.8 Å². The molecule has 0 aliphatic heterocycles. The summed E-state index contributed by atoms with van der Waals surface area (Å²) in [5, 5.41) is 3.12. The van der Waals surface area contributed by atoms with Crippen molar-refractivity contribution < 1.29 is 9.53 Å². The van der Waals surface area contributed by atoms with Gasteiger partial charge in [0.15, 0.2) is 0 Å². The van der Waals surface area contributed by atoms with Crippen LogP contribution >= 0.6 is 11.6 Å². The second kappa shape index (κ2) is 7.34. The lowest BCUT2D eigenvalue weighted by atomic mass is 9.99. The number of hydrogen-bond donors (Lipinski definition) is 1. The summed E-state index contributed by atoms with van der Waals surface area (Å²) in [6, 6.07) is 5.25. The molecule has 0 aromatic heterocycles. The highest BCUT2D eigenvalue weighted by Crippen LogP contribution is 2.31. The molecule has 20 heavy (non-hydrogen) atoms. The molecule has 0 aliphatic rings. The molecule has 0 aliphatic carbocycles. The third kappa shape index (κ3) is 4.01. The van der Waals surface area contributed by atoms with Gasteiger partial charge in [-0.05, 0) is 31.9 Å². The second-order valence-electron chi connectivity index (χ2n) is 4.87. The zero-order valence-electron chi connectivity index (χ0n) is 12.3. The summed E-state index contributed by atoms with van der Waals surface area (Å²) < 4.78 is 6.04. The maximum Gasteiger partial charge on any atom is 0.256 e. The molecule has 1 aromatic rings. The van der Waals surface area contributed by atoms with Crippen LogP contribution in [0, 0.1) is 0 Å². The third-order valence-electron chi connectivity index (χ3n) is 3.46. The first-order valence-corrected chi connectivity index (χ1v) is 7.21. The fourth-order valence-corrected chi connectivity index (χ4v) is 1.97. The van der Waals surface area contributed by atoms with Gasteiger partial charge in [0, 0.05) is 6.54 Å². The average Bonchev–Trinajstić information content (AvgIpc) is 2.44. The zero-order valence-corrected chi connectivity index (χ0v) is 13.1. The minimum absolute atomic E-state index is 0.250. The Labute approximate surface area is 126 Å². The first-order chi connectivity index (χ1) is 9.47. The first kappa shape index (κ1) is 16.6. The number of amides is 1. The number of hydrogen-bond acceptors (Lipinski definition) is 2. The lowest BCUT2D eigenvalue weighted by Gasteiger charge is -2.29. The quantitative estimate of drug-likeness (QED) is 0.765. The van der Waals surface area contributed by atoms with Crippen molar-refractivity contribution in [1.82, 2.24) is 5.32 Å². The summed E-state index contributed by atoms with van der Waals surface area (Å²) >= 11 is 6.15. The van der Waals surface area contributed by atoms with Crippen molar-refractivity contribution in [2.24, 2.45) is 0 Å². The Hall–Kier alpha value is -1.48. The summed E-state index contributed by atoms with van der Waals surface area (Å²) in [6.07, 6.45) is 3.32. The van der Waals surface area contributed by atoms with Crippen molar-refractivity contribution in [3.63, 3.8) is 0 Å². The summed E-state index contributed by atoms with van der Waals surface area (Å²) in [6.45, 7) is 10.1. The standard InChI is InChI=1S/C16H22ClNO2/c1-5-11-18-15(19)14-12(17)9-8-10-13(14)20-16(4,6-2)7-3/h5,8-10H,1,6-7,11H2,2-4H3,(H,18,19). The number of halogens is 1. The Morgan fingerprint density at radius 2 is 2.10 bits per heavy atom. The Bertz CT molecular complexity index is 481. The predicted molar refractivity (Wildman–Crippen MR) is 83.6 cm³/mol. The molecular formula is C16H22ClNO2. The Kier molecular flexibility index (Phi) is 6.08. The van der Waals surface area contributed by atoms with Crippen LogP contribution in [0.25, 0.3) is 0 Å². The molecule has 1 amide bonds. The van der Waals surface area contributed by atoms with Gasteiger partial charge in [-0.15, -0.1) is 6.58 Å². The topological polar surface area (TPSA) is 38.3 Å². The largest absolute Gasteiger partial charge is 0.487 e. The fraction of sp³-hybridized carbons (Fsp3) is 0.438.